The van der Waals surface area contributed by atoms with Gasteiger partial charge in [0.2, 0.25) is 5.91 Å². The Balaban J connectivity index is 1.22. The summed E-state index contributed by atoms with van der Waals surface area (Å²) in [6, 6.07) is 9.30. The van der Waals surface area contributed by atoms with Crippen LogP contribution in [0.4, 0.5) is 0 Å². The van der Waals surface area contributed by atoms with E-state index in [9.17, 15) is 4.79 Å². The summed E-state index contributed by atoms with van der Waals surface area (Å²) in [5.41, 5.74) is 5.24. The molecule has 42 heavy (non-hydrogen) atoms. The molecule has 0 saturated heterocycles. The summed E-state index contributed by atoms with van der Waals surface area (Å²) >= 11 is 0. The third kappa shape index (κ3) is 4.57. The molecule has 0 heterocycles. The van der Waals surface area contributed by atoms with Gasteiger partial charge in [0.05, 0.1) is 5.41 Å². The lowest BCUT2D eigenvalue weighted by molar-refractivity contribution is -0.181. The Labute approximate surface area is 257 Å². The van der Waals surface area contributed by atoms with Gasteiger partial charge in [0, 0.05) is 13.1 Å². The average Bonchev–Trinajstić information content (AvgIpc) is 3.42. The first-order valence-corrected chi connectivity index (χ1v) is 17.8. The summed E-state index contributed by atoms with van der Waals surface area (Å²) in [6.45, 7) is 21.0. The summed E-state index contributed by atoms with van der Waals surface area (Å²) in [5.74, 6) is 4.06. The first-order valence-electron chi connectivity index (χ1n) is 17.8. The highest BCUT2D eigenvalue weighted by Gasteiger charge is 2.66. The molecule has 0 aromatic heterocycles. The number of nitrogens with one attached hydrogen (secondary N) is 1. The minimum absolute atomic E-state index is 0.0900. The van der Waals surface area contributed by atoms with E-state index in [-0.39, 0.29) is 10.8 Å². The number of fused-ring (bicyclic) bond motifs is 7. The van der Waals surface area contributed by atoms with Crippen molar-refractivity contribution >= 4 is 11.5 Å². The Morgan fingerprint density at radius 1 is 0.857 bits per heavy atom. The van der Waals surface area contributed by atoms with E-state index in [2.05, 4.69) is 89.0 Å². The molecule has 4 fully saturated rings. The molecule has 6 rings (SSSR count). The minimum atomic E-state index is -0.0900. The lowest BCUT2D eigenvalue weighted by atomic mass is 9.36. The van der Waals surface area contributed by atoms with E-state index in [1.807, 2.05) is 0 Å². The molecule has 5 aliphatic carbocycles. The van der Waals surface area contributed by atoms with Crippen LogP contribution >= 0.6 is 0 Å². The number of carbonyl (C=O) groups excluding carboxylic acids is 1. The van der Waals surface area contributed by atoms with Crippen LogP contribution in [-0.2, 0) is 4.79 Å². The van der Waals surface area contributed by atoms with Crippen LogP contribution in [0.5, 0.6) is 0 Å². The van der Waals surface area contributed by atoms with Gasteiger partial charge in [-0.15, -0.1) is 0 Å². The summed E-state index contributed by atoms with van der Waals surface area (Å²) < 4.78 is 0. The maximum absolute atomic E-state index is 13.9. The Hall–Kier alpha value is -1.61. The standard InChI is InChI=1S/C39H60N2O/c1-8-41(9-2)26-25-40-35(42)39-21-10-11-32(39)29-16-17-34-37(6,31(29)19-24-39)23-20-33-36(4,5)30(18-22-38(33,34)7)28-14-12-27(3)13-15-28/h12-15,18,29,31-34H,8-11,16-17,19-26H2,1-7H3,(H,40,42). The number of benzene rings is 1. The van der Waals surface area contributed by atoms with E-state index in [0.717, 1.165) is 62.7 Å². The third-order valence-corrected chi connectivity index (χ3v) is 14.5. The van der Waals surface area contributed by atoms with Crippen LogP contribution in [0.2, 0.25) is 0 Å². The molecule has 0 radical (unpaired) electrons. The number of nitrogens with zero attached hydrogens (tertiary/aromatic N) is 1. The van der Waals surface area contributed by atoms with E-state index in [0.29, 0.717) is 22.7 Å². The zero-order valence-corrected chi connectivity index (χ0v) is 28.0. The van der Waals surface area contributed by atoms with E-state index in [4.69, 9.17) is 0 Å². The average molecular weight is 573 g/mol. The zero-order chi connectivity index (χ0) is 29.9. The van der Waals surface area contributed by atoms with Gasteiger partial charge in [0.1, 0.15) is 0 Å². The largest absolute Gasteiger partial charge is 0.354 e. The van der Waals surface area contributed by atoms with Crippen LogP contribution in [0.25, 0.3) is 5.57 Å². The summed E-state index contributed by atoms with van der Waals surface area (Å²) in [4.78, 5) is 16.4. The summed E-state index contributed by atoms with van der Waals surface area (Å²) in [6.07, 6.45) is 15.4. The van der Waals surface area contributed by atoms with Gasteiger partial charge in [-0.3, -0.25) is 4.79 Å². The monoisotopic (exact) mass is 572 g/mol. The molecule has 8 atom stereocenters. The molecule has 3 nitrogen and oxygen atoms in total. The normalized spacial score (nSPS) is 40.4. The second kappa shape index (κ2) is 11.1. The molecule has 0 spiro atoms. The Kier molecular flexibility index (Phi) is 8.02. The molecule has 232 valence electrons. The smallest absolute Gasteiger partial charge is 0.226 e. The maximum atomic E-state index is 13.9. The fourth-order valence-electron chi connectivity index (χ4n) is 12.5. The SMILES string of the molecule is CCN(CC)CCNC(=O)C12CCCC1C1CCC3C(C)(CCC4C(C)(C)C(c5ccc(C)cc5)=CCC43C)C1CC2. The fraction of sp³-hybridized carbons (Fsp3) is 0.769. The molecule has 0 aliphatic heterocycles. The molecular weight excluding hydrogens is 512 g/mol. The van der Waals surface area contributed by atoms with Crippen molar-refractivity contribution in [2.24, 2.45) is 51.2 Å². The lowest BCUT2D eigenvalue weighted by Crippen LogP contribution is -2.62. The molecular formula is C39H60N2O. The number of aryl methyl sites for hydroxylation is 1. The van der Waals surface area contributed by atoms with Gasteiger partial charge in [-0.2, -0.15) is 0 Å². The number of rotatable bonds is 7. The van der Waals surface area contributed by atoms with Crippen molar-refractivity contribution in [3.05, 3.63) is 41.5 Å². The second-order valence-corrected chi connectivity index (χ2v) is 16.4. The first-order chi connectivity index (χ1) is 20.0. The third-order valence-electron chi connectivity index (χ3n) is 14.5. The second-order valence-electron chi connectivity index (χ2n) is 16.4. The topological polar surface area (TPSA) is 32.3 Å². The zero-order valence-electron chi connectivity index (χ0n) is 28.0. The van der Waals surface area contributed by atoms with Crippen LogP contribution in [0, 0.1) is 58.2 Å². The lowest BCUT2D eigenvalue weighted by Gasteiger charge is -2.68. The molecule has 1 N–H and O–H groups in total. The number of hydrogen-bond donors (Lipinski definition) is 1. The van der Waals surface area contributed by atoms with Crippen molar-refractivity contribution in [2.75, 3.05) is 26.2 Å². The molecule has 5 aliphatic rings. The van der Waals surface area contributed by atoms with Gasteiger partial charge < -0.3 is 10.2 Å². The number of amides is 1. The van der Waals surface area contributed by atoms with Crippen molar-refractivity contribution in [3.63, 3.8) is 0 Å². The quantitative estimate of drug-likeness (QED) is 0.354. The van der Waals surface area contributed by atoms with E-state index < -0.39 is 0 Å². The minimum Gasteiger partial charge on any atom is -0.354 e. The van der Waals surface area contributed by atoms with Gasteiger partial charge in [0.15, 0.2) is 0 Å². The van der Waals surface area contributed by atoms with E-state index in [1.54, 1.807) is 5.57 Å². The van der Waals surface area contributed by atoms with Crippen LogP contribution < -0.4 is 5.32 Å². The van der Waals surface area contributed by atoms with E-state index >= 15 is 0 Å². The van der Waals surface area contributed by atoms with Crippen LogP contribution in [-0.4, -0.2) is 37.0 Å². The van der Waals surface area contributed by atoms with Crippen LogP contribution in [0.3, 0.4) is 0 Å². The number of likely N-dealkylation sites (N-methyl/N-ethyl adjacent to an activating group) is 1. The molecule has 0 bridgehead atoms. The Bertz CT molecular complexity index is 1180. The summed E-state index contributed by atoms with van der Waals surface area (Å²) in [5, 5.41) is 3.46. The number of allylic oxidation sites excluding steroid dienone is 2. The van der Waals surface area contributed by atoms with Crippen LogP contribution in [0.15, 0.2) is 30.3 Å². The highest BCUT2D eigenvalue weighted by Crippen LogP contribution is 2.73. The molecule has 3 heteroatoms. The number of carbonyl (C=O) groups is 1. The van der Waals surface area contributed by atoms with Gasteiger partial charge >= 0.3 is 0 Å². The van der Waals surface area contributed by atoms with Crippen LogP contribution in [0.1, 0.15) is 117 Å². The predicted octanol–water partition coefficient (Wildman–Crippen LogP) is 8.91. The van der Waals surface area contributed by atoms with Gasteiger partial charge in [0.25, 0.3) is 0 Å². The molecule has 1 aromatic carbocycles. The first kappa shape index (κ1) is 30.4. The Morgan fingerprint density at radius 2 is 1.60 bits per heavy atom. The van der Waals surface area contributed by atoms with Gasteiger partial charge in [-0.05, 0) is 135 Å². The van der Waals surface area contributed by atoms with Crippen molar-refractivity contribution in [3.8, 4) is 0 Å². The van der Waals surface area contributed by atoms with Gasteiger partial charge in [-0.25, -0.2) is 0 Å². The van der Waals surface area contributed by atoms with Crippen molar-refractivity contribution in [1.82, 2.24) is 10.2 Å². The van der Waals surface area contributed by atoms with Gasteiger partial charge in [-0.1, -0.05) is 83.9 Å². The van der Waals surface area contributed by atoms with Crippen molar-refractivity contribution in [1.29, 1.82) is 0 Å². The molecule has 8 unspecified atom stereocenters. The van der Waals surface area contributed by atoms with E-state index in [1.165, 1.54) is 62.5 Å². The van der Waals surface area contributed by atoms with Crippen molar-refractivity contribution < 1.29 is 4.79 Å². The highest BCUT2D eigenvalue weighted by atomic mass is 16.2. The highest BCUT2D eigenvalue weighted by molar-refractivity contribution is 5.83. The van der Waals surface area contributed by atoms with Crippen molar-refractivity contribution in [2.45, 2.75) is 113 Å². The molecule has 1 aromatic rings. The molecule has 1 amide bonds. The maximum Gasteiger partial charge on any atom is 0.226 e. The fourth-order valence-corrected chi connectivity index (χ4v) is 12.5. The predicted molar refractivity (Wildman–Crippen MR) is 176 cm³/mol. The molecule has 4 saturated carbocycles. The number of hydrogen-bond acceptors (Lipinski definition) is 2. The summed E-state index contributed by atoms with van der Waals surface area (Å²) in [7, 11) is 0. The Morgan fingerprint density at radius 3 is 2.31 bits per heavy atom.